The van der Waals surface area contributed by atoms with E-state index in [-0.39, 0.29) is 5.69 Å². The Hall–Kier alpha value is -0.710. The standard InChI is InChI=1S/C10H11BrF3N/c1-15(6-10(13)14)9-3-2-7(5-11)4-8(9)12/h2-4,10H,5-6H2,1H3. The van der Waals surface area contributed by atoms with Crippen molar-refractivity contribution < 1.29 is 13.2 Å². The van der Waals surface area contributed by atoms with Gasteiger partial charge < -0.3 is 4.90 Å². The zero-order chi connectivity index (χ0) is 11.4. The van der Waals surface area contributed by atoms with E-state index in [4.69, 9.17) is 0 Å². The predicted octanol–water partition coefficient (Wildman–Crippen LogP) is 3.42. The minimum absolute atomic E-state index is 0.194. The normalized spacial score (nSPS) is 10.8. The van der Waals surface area contributed by atoms with E-state index < -0.39 is 18.8 Å². The summed E-state index contributed by atoms with van der Waals surface area (Å²) in [5.74, 6) is -0.477. The zero-order valence-electron chi connectivity index (χ0n) is 8.18. The molecule has 84 valence electrons. The fraction of sp³-hybridized carbons (Fsp3) is 0.400. The highest BCUT2D eigenvalue weighted by Gasteiger charge is 2.12. The van der Waals surface area contributed by atoms with E-state index in [9.17, 15) is 13.2 Å². The molecular formula is C10H11BrF3N. The number of rotatable bonds is 4. The molecule has 0 saturated heterocycles. The molecule has 15 heavy (non-hydrogen) atoms. The van der Waals surface area contributed by atoms with E-state index in [0.29, 0.717) is 5.33 Å². The van der Waals surface area contributed by atoms with Gasteiger partial charge in [0.05, 0.1) is 12.2 Å². The molecule has 1 rings (SSSR count). The molecule has 5 heteroatoms. The molecule has 1 nitrogen and oxygen atoms in total. The van der Waals surface area contributed by atoms with E-state index in [1.165, 1.54) is 24.1 Å². The van der Waals surface area contributed by atoms with Crippen LogP contribution in [-0.4, -0.2) is 20.0 Å². The van der Waals surface area contributed by atoms with Crippen LogP contribution in [0.4, 0.5) is 18.9 Å². The summed E-state index contributed by atoms with van der Waals surface area (Å²) < 4.78 is 37.6. The fourth-order valence-electron chi connectivity index (χ4n) is 1.25. The Morgan fingerprint density at radius 3 is 2.53 bits per heavy atom. The minimum Gasteiger partial charge on any atom is -0.367 e. The molecule has 0 unspecified atom stereocenters. The molecule has 0 heterocycles. The summed E-state index contributed by atoms with van der Waals surface area (Å²) in [6, 6.07) is 4.55. The minimum atomic E-state index is -2.47. The van der Waals surface area contributed by atoms with Gasteiger partial charge in [0.15, 0.2) is 0 Å². The van der Waals surface area contributed by atoms with Crippen LogP contribution < -0.4 is 4.90 Å². The Kier molecular flexibility index (Phi) is 4.45. The topological polar surface area (TPSA) is 3.24 Å². The Bertz CT molecular complexity index is 330. The number of benzene rings is 1. The van der Waals surface area contributed by atoms with E-state index >= 15 is 0 Å². The van der Waals surface area contributed by atoms with Crippen LogP contribution in [0.5, 0.6) is 0 Å². The summed E-state index contributed by atoms with van der Waals surface area (Å²) in [5, 5.41) is 0.544. The summed E-state index contributed by atoms with van der Waals surface area (Å²) in [7, 11) is 1.44. The third-order valence-electron chi connectivity index (χ3n) is 1.99. The van der Waals surface area contributed by atoms with Gasteiger partial charge in [-0.1, -0.05) is 22.0 Å². The lowest BCUT2D eigenvalue weighted by Gasteiger charge is -2.19. The third-order valence-corrected chi connectivity index (χ3v) is 2.64. The van der Waals surface area contributed by atoms with Crippen molar-refractivity contribution >= 4 is 21.6 Å². The van der Waals surface area contributed by atoms with Crippen LogP contribution >= 0.6 is 15.9 Å². The van der Waals surface area contributed by atoms with E-state index in [1.54, 1.807) is 6.07 Å². The van der Waals surface area contributed by atoms with Crippen LogP contribution in [0.25, 0.3) is 0 Å². The van der Waals surface area contributed by atoms with Crippen molar-refractivity contribution in [3.8, 4) is 0 Å². The zero-order valence-corrected chi connectivity index (χ0v) is 9.77. The first kappa shape index (κ1) is 12.4. The van der Waals surface area contributed by atoms with Crippen molar-refractivity contribution in [2.75, 3.05) is 18.5 Å². The maximum Gasteiger partial charge on any atom is 0.255 e. The lowest BCUT2D eigenvalue weighted by molar-refractivity contribution is 0.156. The number of anilines is 1. The van der Waals surface area contributed by atoms with Crippen LogP contribution in [-0.2, 0) is 5.33 Å². The molecule has 1 aromatic carbocycles. The van der Waals surface area contributed by atoms with Gasteiger partial charge in [0, 0.05) is 12.4 Å². The van der Waals surface area contributed by atoms with Crippen LogP contribution in [0.2, 0.25) is 0 Å². The second kappa shape index (κ2) is 5.39. The van der Waals surface area contributed by atoms with Crippen molar-refractivity contribution in [1.29, 1.82) is 0 Å². The molecule has 0 aliphatic heterocycles. The molecule has 1 aromatic rings. The van der Waals surface area contributed by atoms with Gasteiger partial charge >= 0.3 is 0 Å². The third kappa shape index (κ3) is 3.41. The maximum atomic E-state index is 13.4. The van der Waals surface area contributed by atoms with Crippen molar-refractivity contribution in [3.05, 3.63) is 29.6 Å². The molecule has 0 N–H and O–H groups in total. The molecule has 0 aromatic heterocycles. The van der Waals surface area contributed by atoms with E-state index in [1.807, 2.05) is 0 Å². The second-order valence-electron chi connectivity index (χ2n) is 3.19. The average Bonchev–Trinajstić information content (AvgIpc) is 2.16. The van der Waals surface area contributed by atoms with Crippen molar-refractivity contribution in [2.45, 2.75) is 11.8 Å². The molecule has 0 spiro atoms. The highest BCUT2D eigenvalue weighted by molar-refractivity contribution is 9.08. The Labute approximate surface area is 95.0 Å². The van der Waals surface area contributed by atoms with Crippen molar-refractivity contribution in [1.82, 2.24) is 0 Å². The first-order chi connectivity index (χ1) is 7.04. The smallest absolute Gasteiger partial charge is 0.255 e. The number of hydrogen-bond acceptors (Lipinski definition) is 1. The van der Waals surface area contributed by atoms with Gasteiger partial charge in [0.25, 0.3) is 6.43 Å². The number of alkyl halides is 3. The van der Waals surface area contributed by atoms with Crippen LogP contribution in [0.3, 0.4) is 0 Å². The van der Waals surface area contributed by atoms with Gasteiger partial charge in [-0.05, 0) is 17.7 Å². The molecule has 0 amide bonds. The summed E-state index contributed by atoms with van der Waals surface area (Å²) in [4.78, 5) is 1.21. The average molecular weight is 282 g/mol. The number of hydrogen-bond donors (Lipinski definition) is 0. The van der Waals surface area contributed by atoms with Gasteiger partial charge in [-0.15, -0.1) is 0 Å². The number of nitrogens with zero attached hydrogens (tertiary/aromatic N) is 1. The molecule has 0 atom stereocenters. The first-order valence-electron chi connectivity index (χ1n) is 4.38. The second-order valence-corrected chi connectivity index (χ2v) is 3.75. The molecule has 0 aliphatic carbocycles. The molecular weight excluding hydrogens is 271 g/mol. The molecule has 0 aliphatic rings. The van der Waals surface area contributed by atoms with Gasteiger partial charge in [-0.2, -0.15) is 0 Å². The largest absolute Gasteiger partial charge is 0.367 e. The van der Waals surface area contributed by atoms with Gasteiger partial charge in [0.2, 0.25) is 0 Å². The Morgan fingerprint density at radius 1 is 1.40 bits per heavy atom. The summed E-state index contributed by atoms with van der Waals surface area (Å²) in [5.41, 5.74) is 0.974. The lowest BCUT2D eigenvalue weighted by atomic mass is 10.2. The van der Waals surface area contributed by atoms with E-state index in [0.717, 1.165) is 5.56 Å². The first-order valence-corrected chi connectivity index (χ1v) is 5.50. The molecule has 0 fully saturated rings. The predicted molar refractivity (Wildman–Crippen MR) is 58.3 cm³/mol. The van der Waals surface area contributed by atoms with Gasteiger partial charge in [-0.25, -0.2) is 13.2 Å². The maximum absolute atomic E-state index is 13.4. The molecule has 0 radical (unpaired) electrons. The Morgan fingerprint density at radius 2 is 2.07 bits per heavy atom. The highest BCUT2D eigenvalue weighted by Crippen LogP contribution is 2.21. The molecule has 0 bridgehead atoms. The summed E-state index contributed by atoms with van der Waals surface area (Å²) in [6.45, 7) is -0.468. The van der Waals surface area contributed by atoms with Crippen LogP contribution in [0.1, 0.15) is 5.56 Å². The fourth-order valence-corrected chi connectivity index (χ4v) is 1.60. The van der Waals surface area contributed by atoms with Crippen molar-refractivity contribution in [3.63, 3.8) is 0 Å². The quantitative estimate of drug-likeness (QED) is 0.765. The summed E-state index contributed by atoms with van der Waals surface area (Å²) in [6.07, 6.45) is -2.47. The Balaban J connectivity index is 2.85. The van der Waals surface area contributed by atoms with Crippen molar-refractivity contribution in [2.24, 2.45) is 0 Å². The summed E-state index contributed by atoms with van der Waals surface area (Å²) >= 11 is 3.19. The van der Waals surface area contributed by atoms with E-state index in [2.05, 4.69) is 15.9 Å². The van der Waals surface area contributed by atoms with Crippen LogP contribution in [0, 0.1) is 5.82 Å². The van der Waals surface area contributed by atoms with Crippen LogP contribution in [0.15, 0.2) is 18.2 Å². The van der Waals surface area contributed by atoms with Gasteiger partial charge in [0.1, 0.15) is 5.82 Å². The monoisotopic (exact) mass is 281 g/mol. The van der Waals surface area contributed by atoms with Gasteiger partial charge in [-0.3, -0.25) is 0 Å². The SMILES string of the molecule is CN(CC(F)F)c1ccc(CBr)cc1F. The lowest BCUT2D eigenvalue weighted by Crippen LogP contribution is -2.24. The molecule has 0 saturated carbocycles. The number of halogens is 4. The highest BCUT2D eigenvalue weighted by atomic mass is 79.9.